The van der Waals surface area contributed by atoms with Crippen molar-refractivity contribution >= 4 is 11.6 Å². The number of imidazole rings is 1. The molecule has 0 aromatic carbocycles. The van der Waals surface area contributed by atoms with Gasteiger partial charge >= 0.3 is 0 Å². The molecule has 0 aliphatic carbocycles. The topological polar surface area (TPSA) is 66.6 Å². The lowest BCUT2D eigenvalue weighted by atomic mass is 10.3. The third-order valence-electron chi connectivity index (χ3n) is 2.40. The molecule has 2 heterocycles. The second-order valence-corrected chi connectivity index (χ2v) is 4.17. The molecule has 0 spiro atoms. The minimum Gasteiger partial charge on any atom is -0.392 e. The largest absolute Gasteiger partial charge is 0.392 e. The smallest absolute Gasteiger partial charge is 0.226 e. The molecule has 0 radical (unpaired) electrons. The van der Waals surface area contributed by atoms with Crippen molar-refractivity contribution in [3.63, 3.8) is 0 Å². The maximum absolute atomic E-state index is 13.0. The van der Waals surface area contributed by atoms with Crippen molar-refractivity contribution in [3.8, 4) is 0 Å². The summed E-state index contributed by atoms with van der Waals surface area (Å²) >= 11 is 0. The molecule has 2 aromatic rings. The summed E-state index contributed by atoms with van der Waals surface area (Å²) in [6.45, 7) is 1.80. The van der Waals surface area contributed by atoms with Crippen molar-refractivity contribution in [2.75, 3.05) is 6.54 Å². The third-order valence-corrected chi connectivity index (χ3v) is 2.40. The molecule has 1 unspecified atom stereocenters. The Balaban J connectivity index is 2.05. The lowest BCUT2D eigenvalue weighted by molar-refractivity contribution is -0.120. The molecule has 0 saturated heterocycles. The van der Waals surface area contributed by atoms with E-state index in [0.29, 0.717) is 11.3 Å². The van der Waals surface area contributed by atoms with Crippen LogP contribution in [0.5, 0.6) is 0 Å². The number of aliphatic hydroxyl groups is 1. The highest BCUT2D eigenvalue weighted by atomic mass is 19.1. The minimum absolute atomic E-state index is 0.107. The second-order valence-electron chi connectivity index (χ2n) is 4.17. The van der Waals surface area contributed by atoms with Gasteiger partial charge in [-0.25, -0.2) is 9.37 Å². The van der Waals surface area contributed by atoms with Crippen LogP contribution < -0.4 is 5.32 Å². The van der Waals surface area contributed by atoms with Crippen LogP contribution in [0.3, 0.4) is 0 Å². The summed E-state index contributed by atoms with van der Waals surface area (Å²) in [4.78, 5) is 15.7. The van der Waals surface area contributed by atoms with Crippen LogP contribution in [0.4, 0.5) is 4.39 Å². The normalized spacial score (nSPS) is 12.6. The van der Waals surface area contributed by atoms with Gasteiger partial charge in [-0.1, -0.05) is 0 Å². The molecule has 5 nitrogen and oxygen atoms in total. The summed E-state index contributed by atoms with van der Waals surface area (Å²) < 4.78 is 14.5. The number of carbonyl (C=O) groups excluding carboxylic acids is 1. The fourth-order valence-corrected chi connectivity index (χ4v) is 1.59. The van der Waals surface area contributed by atoms with Gasteiger partial charge in [0, 0.05) is 18.9 Å². The van der Waals surface area contributed by atoms with E-state index >= 15 is 0 Å². The van der Waals surface area contributed by atoms with Gasteiger partial charge in [-0.3, -0.25) is 4.79 Å². The number of pyridine rings is 1. The van der Waals surface area contributed by atoms with Crippen molar-refractivity contribution < 1.29 is 14.3 Å². The Hall–Kier alpha value is -1.95. The van der Waals surface area contributed by atoms with Gasteiger partial charge in [0.05, 0.1) is 18.2 Å². The summed E-state index contributed by atoms with van der Waals surface area (Å²) in [5.74, 6) is -0.579. The number of nitrogens with one attached hydrogen (secondary N) is 1. The van der Waals surface area contributed by atoms with Crippen molar-refractivity contribution in [1.82, 2.24) is 14.7 Å². The first-order chi connectivity index (χ1) is 8.54. The Morgan fingerprint density at radius 1 is 1.56 bits per heavy atom. The minimum atomic E-state index is -0.580. The zero-order chi connectivity index (χ0) is 13.1. The first-order valence-corrected chi connectivity index (χ1v) is 5.62. The van der Waals surface area contributed by atoms with Gasteiger partial charge in [-0.15, -0.1) is 0 Å². The van der Waals surface area contributed by atoms with Crippen molar-refractivity contribution in [1.29, 1.82) is 0 Å². The number of hydrogen-bond acceptors (Lipinski definition) is 3. The lowest BCUT2D eigenvalue weighted by Crippen LogP contribution is -2.31. The number of carbonyl (C=O) groups is 1. The van der Waals surface area contributed by atoms with E-state index in [9.17, 15) is 9.18 Å². The summed E-state index contributed by atoms with van der Waals surface area (Å²) in [5.41, 5.74) is 1.15. The van der Waals surface area contributed by atoms with E-state index in [1.807, 2.05) is 0 Å². The number of amides is 1. The van der Waals surface area contributed by atoms with Gasteiger partial charge in [-0.2, -0.15) is 0 Å². The molecule has 0 aliphatic heterocycles. The number of hydrogen-bond donors (Lipinski definition) is 2. The molecule has 0 aliphatic rings. The van der Waals surface area contributed by atoms with Crippen molar-refractivity contribution in [2.24, 2.45) is 0 Å². The fourth-order valence-electron chi connectivity index (χ4n) is 1.59. The van der Waals surface area contributed by atoms with Gasteiger partial charge in [0.2, 0.25) is 5.91 Å². The predicted molar refractivity (Wildman–Crippen MR) is 63.5 cm³/mol. The van der Waals surface area contributed by atoms with Crippen LogP contribution in [0.25, 0.3) is 5.65 Å². The number of nitrogens with zero attached hydrogens (tertiary/aromatic N) is 2. The summed E-state index contributed by atoms with van der Waals surface area (Å²) in [6, 6.07) is 2.87. The van der Waals surface area contributed by atoms with E-state index in [0.717, 1.165) is 0 Å². The average Bonchev–Trinajstić information content (AvgIpc) is 2.67. The van der Waals surface area contributed by atoms with Crippen LogP contribution in [0, 0.1) is 5.82 Å². The molecular formula is C12H14FN3O2. The third kappa shape index (κ3) is 3.04. The molecule has 18 heavy (non-hydrogen) atoms. The number of aliphatic hydroxyl groups excluding tert-OH is 1. The monoisotopic (exact) mass is 251 g/mol. The Morgan fingerprint density at radius 2 is 2.33 bits per heavy atom. The molecule has 2 N–H and O–H groups in total. The van der Waals surface area contributed by atoms with Gasteiger partial charge in [-0.05, 0) is 19.1 Å². The molecule has 0 fully saturated rings. The molecule has 6 heteroatoms. The standard InChI is InChI=1S/C12H14FN3O2/c1-8(17)5-14-12(18)4-10-7-16-6-9(13)2-3-11(16)15-10/h2-3,6-8,17H,4-5H2,1H3,(H,14,18). The van der Waals surface area contributed by atoms with Crippen molar-refractivity contribution in [3.05, 3.63) is 36.0 Å². The molecule has 0 saturated carbocycles. The van der Waals surface area contributed by atoms with Crippen LogP contribution >= 0.6 is 0 Å². The van der Waals surface area contributed by atoms with E-state index in [1.54, 1.807) is 19.2 Å². The Labute approximate surface area is 103 Å². The maximum Gasteiger partial charge on any atom is 0.226 e. The summed E-state index contributed by atoms with van der Waals surface area (Å²) in [5, 5.41) is 11.6. The number of halogens is 1. The Bertz CT molecular complexity index is 565. The van der Waals surface area contributed by atoms with E-state index in [1.165, 1.54) is 16.7 Å². The average molecular weight is 251 g/mol. The quantitative estimate of drug-likeness (QED) is 0.832. The predicted octanol–water partition coefficient (Wildman–Crippen LogP) is 0.513. The molecular weight excluding hydrogens is 237 g/mol. The zero-order valence-electron chi connectivity index (χ0n) is 9.93. The van der Waals surface area contributed by atoms with Crippen LogP contribution in [0.1, 0.15) is 12.6 Å². The summed E-state index contributed by atoms with van der Waals surface area (Å²) in [7, 11) is 0. The van der Waals surface area contributed by atoms with Gasteiger partial charge in [0.25, 0.3) is 0 Å². The number of aromatic nitrogens is 2. The van der Waals surface area contributed by atoms with E-state index < -0.39 is 6.10 Å². The van der Waals surface area contributed by atoms with Gasteiger partial charge < -0.3 is 14.8 Å². The second kappa shape index (κ2) is 5.14. The molecule has 1 amide bonds. The summed E-state index contributed by atoms with van der Waals surface area (Å²) in [6.07, 6.45) is 2.44. The number of fused-ring (bicyclic) bond motifs is 1. The molecule has 1 atom stereocenters. The van der Waals surface area contributed by atoms with E-state index in [2.05, 4.69) is 10.3 Å². The Morgan fingerprint density at radius 3 is 3.06 bits per heavy atom. The highest BCUT2D eigenvalue weighted by Crippen LogP contribution is 2.07. The molecule has 2 rings (SSSR count). The van der Waals surface area contributed by atoms with Crippen LogP contribution in [-0.4, -0.2) is 33.0 Å². The van der Waals surface area contributed by atoms with E-state index in [-0.39, 0.29) is 24.7 Å². The van der Waals surface area contributed by atoms with Crippen LogP contribution in [0.2, 0.25) is 0 Å². The zero-order valence-corrected chi connectivity index (χ0v) is 9.93. The van der Waals surface area contributed by atoms with Crippen LogP contribution in [0.15, 0.2) is 24.5 Å². The van der Waals surface area contributed by atoms with Gasteiger partial charge in [0.15, 0.2) is 0 Å². The first-order valence-electron chi connectivity index (χ1n) is 5.62. The fraction of sp³-hybridized carbons (Fsp3) is 0.333. The Kier molecular flexibility index (Phi) is 3.57. The molecule has 96 valence electrons. The van der Waals surface area contributed by atoms with E-state index in [4.69, 9.17) is 5.11 Å². The maximum atomic E-state index is 13.0. The van der Waals surface area contributed by atoms with Crippen LogP contribution in [-0.2, 0) is 11.2 Å². The highest BCUT2D eigenvalue weighted by molar-refractivity contribution is 5.78. The molecule has 2 aromatic heterocycles. The van der Waals surface area contributed by atoms with Crippen molar-refractivity contribution in [2.45, 2.75) is 19.4 Å². The number of rotatable bonds is 4. The first kappa shape index (κ1) is 12.5. The lowest BCUT2D eigenvalue weighted by Gasteiger charge is -2.05. The highest BCUT2D eigenvalue weighted by Gasteiger charge is 2.08. The van der Waals surface area contributed by atoms with Gasteiger partial charge in [0.1, 0.15) is 11.5 Å². The molecule has 0 bridgehead atoms. The SMILES string of the molecule is CC(O)CNC(=O)Cc1cn2cc(F)ccc2n1.